The van der Waals surface area contributed by atoms with E-state index in [4.69, 9.17) is 0 Å². The molecule has 3 nitrogen and oxygen atoms in total. The van der Waals surface area contributed by atoms with Gasteiger partial charge in [-0.15, -0.1) is 0 Å². The van der Waals surface area contributed by atoms with Gasteiger partial charge in [-0.05, 0) is 19.4 Å². The molecule has 0 aromatic carbocycles. The van der Waals surface area contributed by atoms with Gasteiger partial charge >= 0.3 is 12.1 Å². The van der Waals surface area contributed by atoms with Gasteiger partial charge in [0.1, 0.15) is 0 Å². The molecule has 1 heterocycles. The first-order valence-electron chi connectivity index (χ1n) is 4.08. The highest BCUT2D eigenvalue weighted by Gasteiger charge is 2.38. The van der Waals surface area contributed by atoms with E-state index in [0.29, 0.717) is 0 Å². The summed E-state index contributed by atoms with van der Waals surface area (Å²) in [5.41, 5.74) is 0. The lowest BCUT2D eigenvalue weighted by molar-refractivity contribution is -0.173. The Morgan fingerprint density at radius 2 is 2.23 bits per heavy atom. The normalized spacial score (nSPS) is 23.2. The summed E-state index contributed by atoms with van der Waals surface area (Å²) in [5.74, 6) is -1.86. The third-order valence-corrected chi connectivity index (χ3v) is 1.93. The molecule has 2 N–H and O–H groups in total. The van der Waals surface area contributed by atoms with Crippen molar-refractivity contribution in [3.63, 3.8) is 0 Å². The number of hydrogen-bond acceptors (Lipinski definition) is 2. The van der Waals surface area contributed by atoms with Gasteiger partial charge in [-0.1, -0.05) is 0 Å². The fourth-order valence-electron chi connectivity index (χ4n) is 1.25. The van der Waals surface area contributed by atoms with Crippen molar-refractivity contribution in [2.24, 2.45) is 0 Å². The van der Waals surface area contributed by atoms with Gasteiger partial charge in [0.2, 0.25) is 0 Å². The summed E-state index contributed by atoms with van der Waals surface area (Å²) in [4.78, 5) is 10.4. The minimum atomic E-state index is -4.77. The van der Waals surface area contributed by atoms with Gasteiger partial charge in [0.25, 0.3) is 0 Å². The van der Waals surface area contributed by atoms with E-state index < -0.39 is 12.1 Å². The van der Waals surface area contributed by atoms with Gasteiger partial charge in [-0.3, -0.25) is 4.79 Å². The highest BCUT2D eigenvalue weighted by molar-refractivity contribution is 5.81. The molecule has 0 aromatic rings. The number of amides is 1. The molecule has 0 aliphatic carbocycles. The number of nitrogens with one attached hydrogen (secondary N) is 2. The quantitative estimate of drug-likeness (QED) is 0.672. The van der Waals surface area contributed by atoms with Crippen LogP contribution in [0.15, 0.2) is 0 Å². The Labute approximate surface area is 73.7 Å². The number of rotatable bonds is 2. The van der Waals surface area contributed by atoms with Crippen LogP contribution in [0.5, 0.6) is 0 Å². The van der Waals surface area contributed by atoms with E-state index in [0.717, 1.165) is 19.4 Å². The second kappa shape index (κ2) is 3.95. The van der Waals surface area contributed by atoms with Crippen LogP contribution in [0, 0.1) is 0 Å². The first-order valence-corrected chi connectivity index (χ1v) is 4.08. The molecule has 0 saturated carbocycles. The highest BCUT2D eigenvalue weighted by Crippen LogP contribution is 2.14. The Hall–Kier alpha value is -0.780. The van der Waals surface area contributed by atoms with E-state index in [-0.39, 0.29) is 12.6 Å². The van der Waals surface area contributed by atoms with Gasteiger partial charge < -0.3 is 10.6 Å². The molecule has 0 spiro atoms. The van der Waals surface area contributed by atoms with Gasteiger partial charge in [0, 0.05) is 12.6 Å². The molecule has 1 atom stereocenters. The number of halogens is 3. The SMILES string of the molecule is O=C(NCC1CCCN1)C(F)(F)F. The van der Waals surface area contributed by atoms with Crippen molar-refractivity contribution in [2.75, 3.05) is 13.1 Å². The molecule has 1 aliphatic rings. The highest BCUT2D eigenvalue weighted by atomic mass is 19.4. The Balaban J connectivity index is 2.22. The fraction of sp³-hybridized carbons (Fsp3) is 0.857. The maximum absolute atomic E-state index is 11.7. The predicted octanol–water partition coefficient (Wildman–Crippen LogP) is 0.417. The van der Waals surface area contributed by atoms with Crippen LogP contribution < -0.4 is 10.6 Å². The van der Waals surface area contributed by atoms with Crippen molar-refractivity contribution in [1.82, 2.24) is 10.6 Å². The lowest BCUT2D eigenvalue weighted by Crippen LogP contribution is -2.43. The Bertz CT molecular complexity index is 187. The molecule has 76 valence electrons. The summed E-state index contributed by atoms with van der Waals surface area (Å²) in [6.07, 6.45) is -3.00. The van der Waals surface area contributed by atoms with Crippen molar-refractivity contribution in [3.05, 3.63) is 0 Å². The van der Waals surface area contributed by atoms with Gasteiger partial charge in [-0.2, -0.15) is 13.2 Å². The molecule has 6 heteroatoms. The molecule has 1 rings (SSSR count). The average molecular weight is 196 g/mol. The summed E-state index contributed by atoms with van der Waals surface area (Å²) in [6, 6.07) is -0.00806. The van der Waals surface area contributed by atoms with Crippen LogP contribution in [0.1, 0.15) is 12.8 Å². The van der Waals surface area contributed by atoms with Gasteiger partial charge in [0.05, 0.1) is 0 Å². The van der Waals surface area contributed by atoms with E-state index in [1.165, 1.54) is 0 Å². The van der Waals surface area contributed by atoms with Crippen LogP contribution in [0.2, 0.25) is 0 Å². The third-order valence-electron chi connectivity index (χ3n) is 1.93. The molecule has 0 bridgehead atoms. The second-order valence-corrected chi connectivity index (χ2v) is 3.00. The summed E-state index contributed by atoms with van der Waals surface area (Å²) in [5, 5.41) is 4.82. The molecule has 1 fully saturated rings. The minimum absolute atomic E-state index is 0.00806. The van der Waals surface area contributed by atoms with Gasteiger partial charge in [0.15, 0.2) is 0 Å². The van der Waals surface area contributed by atoms with Crippen LogP contribution >= 0.6 is 0 Å². The number of hydrogen-bond donors (Lipinski definition) is 2. The Kier molecular flexibility index (Phi) is 3.13. The van der Waals surface area contributed by atoms with E-state index in [9.17, 15) is 18.0 Å². The lowest BCUT2D eigenvalue weighted by atomic mass is 10.2. The largest absolute Gasteiger partial charge is 0.471 e. The maximum atomic E-state index is 11.7. The zero-order chi connectivity index (χ0) is 9.90. The number of alkyl halides is 3. The van der Waals surface area contributed by atoms with Crippen LogP contribution in [0.25, 0.3) is 0 Å². The van der Waals surface area contributed by atoms with Crippen LogP contribution in [0.3, 0.4) is 0 Å². The summed E-state index contributed by atoms with van der Waals surface area (Å²) in [6.45, 7) is 0.866. The third kappa shape index (κ3) is 3.22. The first kappa shape index (κ1) is 10.3. The van der Waals surface area contributed by atoms with Crippen LogP contribution in [-0.4, -0.2) is 31.2 Å². The minimum Gasteiger partial charge on any atom is -0.347 e. The van der Waals surface area contributed by atoms with Crippen molar-refractivity contribution in [3.8, 4) is 0 Å². The van der Waals surface area contributed by atoms with E-state index in [2.05, 4.69) is 5.32 Å². The van der Waals surface area contributed by atoms with Crippen molar-refractivity contribution in [2.45, 2.75) is 25.1 Å². The smallest absolute Gasteiger partial charge is 0.347 e. The second-order valence-electron chi connectivity index (χ2n) is 3.00. The standard InChI is InChI=1S/C7H11F3N2O/c8-7(9,10)6(13)12-4-5-2-1-3-11-5/h5,11H,1-4H2,(H,12,13). The zero-order valence-corrected chi connectivity index (χ0v) is 6.95. The van der Waals surface area contributed by atoms with Crippen LogP contribution in [-0.2, 0) is 4.79 Å². The van der Waals surface area contributed by atoms with Gasteiger partial charge in [-0.25, -0.2) is 0 Å². The maximum Gasteiger partial charge on any atom is 0.471 e. The number of carbonyl (C=O) groups excluding carboxylic acids is 1. The monoisotopic (exact) mass is 196 g/mol. The summed E-state index contributed by atoms with van der Waals surface area (Å²) in [7, 11) is 0. The van der Waals surface area contributed by atoms with E-state index in [1.54, 1.807) is 0 Å². The number of carbonyl (C=O) groups is 1. The molecule has 1 amide bonds. The molecular formula is C7H11F3N2O. The van der Waals surface area contributed by atoms with Crippen molar-refractivity contribution < 1.29 is 18.0 Å². The molecule has 0 aromatic heterocycles. The molecule has 1 unspecified atom stereocenters. The van der Waals surface area contributed by atoms with Crippen molar-refractivity contribution >= 4 is 5.91 Å². The molecule has 13 heavy (non-hydrogen) atoms. The molecule has 0 radical (unpaired) electrons. The molecule has 1 aliphatic heterocycles. The van der Waals surface area contributed by atoms with Crippen molar-refractivity contribution in [1.29, 1.82) is 0 Å². The first-order chi connectivity index (χ1) is 6.00. The van der Waals surface area contributed by atoms with E-state index in [1.807, 2.05) is 5.32 Å². The summed E-state index contributed by atoms with van der Waals surface area (Å²) < 4.78 is 35.1. The Morgan fingerprint density at radius 1 is 1.54 bits per heavy atom. The zero-order valence-electron chi connectivity index (χ0n) is 6.95. The summed E-state index contributed by atoms with van der Waals surface area (Å²) >= 11 is 0. The lowest BCUT2D eigenvalue weighted by Gasteiger charge is -2.12. The fourth-order valence-corrected chi connectivity index (χ4v) is 1.25. The van der Waals surface area contributed by atoms with E-state index >= 15 is 0 Å². The Morgan fingerprint density at radius 3 is 2.69 bits per heavy atom. The topological polar surface area (TPSA) is 41.1 Å². The van der Waals surface area contributed by atoms with Crippen LogP contribution in [0.4, 0.5) is 13.2 Å². The predicted molar refractivity (Wildman–Crippen MR) is 40.1 cm³/mol. The average Bonchev–Trinajstić information content (AvgIpc) is 2.50. The molecule has 1 saturated heterocycles. The molecular weight excluding hydrogens is 185 g/mol.